The van der Waals surface area contributed by atoms with Gasteiger partial charge in [0.05, 0.1) is 61.6 Å². The van der Waals surface area contributed by atoms with Crippen molar-refractivity contribution in [1.29, 1.82) is 0 Å². The Morgan fingerprint density at radius 2 is 1.04 bits per heavy atom. The summed E-state index contributed by atoms with van der Waals surface area (Å²) >= 11 is 0. The monoisotopic (exact) mass is 684 g/mol. The van der Waals surface area contributed by atoms with Crippen LogP contribution in [0, 0.1) is 22.5 Å². The van der Waals surface area contributed by atoms with Crippen LogP contribution in [0.15, 0.2) is 72.8 Å². The lowest BCUT2D eigenvalue weighted by atomic mass is 9.84. The molecule has 7 rings (SSSR count). The lowest BCUT2D eigenvalue weighted by Crippen LogP contribution is -2.46. The average Bonchev–Trinajstić information content (AvgIpc) is 3.34. The van der Waals surface area contributed by atoms with Crippen LogP contribution in [0.2, 0.25) is 0 Å². The van der Waals surface area contributed by atoms with Gasteiger partial charge in [0.1, 0.15) is 34.6 Å². The zero-order valence-corrected chi connectivity index (χ0v) is 28.2. The molecule has 0 unspecified atom stereocenters. The van der Waals surface area contributed by atoms with E-state index in [0.29, 0.717) is 51.1 Å². The number of hydrogen-bond acceptors (Lipinski definition) is 8. The van der Waals surface area contributed by atoms with Crippen LogP contribution in [-0.4, -0.2) is 51.6 Å². The molecule has 0 saturated carbocycles. The number of benzene rings is 4. The molecule has 10 heteroatoms. The Hall–Kier alpha value is -4.80. The van der Waals surface area contributed by atoms with Crippen LogP contribution in [0.5, 0.6) is 23.0 Å². The Morgan fingerprint density at radius 3 is 1.38 bits per heavy atom. The molecule has 2 saturated heterocycles. The first-order chi connectivity index (χ1) is 24.1. The van der Waals surface area contributed by atoms with Gasteiger partial charge in [-0.05, 0) is 83.6 Å². The molecular formula is C40H38F2O8. The van der Waals surface area contributed by atoms with Crippen LogP contribution in [0.3, 0.4) is 0 Å². The normalized spacial score (nSPS) is 16.7. The van der Waals surface area contributed by atoms with Crippen molar-refractivity contribution < 1.29 is 46.8 Å². The van der Waals surface area contributed by atoms with Crippen LogP contribution in [0.25, 0.3) is 11.1 Å². The van der Waals surface area contributed by atoms with Crippen LogP contribution >= 0.6 is 0 Å². The molecule has 0 amide bonds. The van der Waals surface area contributed by atoms with Gasteiger partial charge in [-0.2, -0.15) is 0 Å². The highest BCUT2D eigenvalue weighted by Gasteiger charge is 2.38. The van der Waals surface area contributed by atoms with Gasteiger partial charge in [-0.25, -0.2) is 18.4 Å². The first kappa shape index (κ1) is 33.7. The smallest absolute Gasteiger partial charge is 0.346 e. The molecule has 4 aromatic carbocycles. The predicted octanol–water partition coefficient (Wildman–Crippen LogP) is 8.15. The van der Waals surface area contributed by atoms with Crippen LogP contribution in [0.4, 0.5) is 8.78 Å². The Kier molecular flexibility index (Phi) is 9.09. The maximum absolute atomic E-state index is 15.0. The molecule has 2 heterocycles. The van der Waals surface area contributed by atoms with Crippen molar-refractivity contribution in [3.05, 3.63) is 107 Å². The van der Waals surface area contributed by atoms with Crippen molar-refractivity contribution in [2.24, 2.45) is 10.8 Å². The minimum absolute atomic E-state index is 0.0588. The van der Waals surface area contributed by atoms with Crippen molar-refractivity contribution in [3.8, 4) is 34.1 Å². The second-order valence-corrected chi connectivity index (χ2v) is 13.6. The second-order valence-electron chi connectivity index (χ2n) is 13.6. The number of ether oxygens (including phenoxy) is 6. The number of rotatable bonds is 12. The Labute approximate surface area is 289 Å². The van der Waals surface area contributed by atoms with Crippen molar-refractivity contribution in [3.63, 3.8) is 0 Å². The Morgan fingerprint density at radius 1 is 0.640 bits per heavy atom. The molecule has 1 aliphatic carbocycles. The van der Waals surface area contributed by atoms with Gasteiger partial charge in [0.15, 0.2) is 0 Å². The van der Waals surface area contributed by atoms with E-state index in [2.05, 4.69) is 13.8 Å². The minimum Gasteiger partial charge on any atom is -0.493 e. The summed E-state index contributed by atoms with van der Waals surface area (Å²) in [6.07, 6.45) is 1.78. The first-order valence-electron chi connectivity index (χ1n) is 16.8. The van der Waals surface area contributed by atoms with Crippen LogP contribution in [0.1, 0.15) is 71.4 Å². The Bertz CT molecular complexity index is 1800. The van der Waals surface area contributed by atoms with Crippen molar-refractivity contribution in [1.82, 2.24) is 0 Å². The summed E-state index contributed by atoms with van der Waals surface area (Å²) in [7, 11) is 0. The van der Waals surface area contributed by atoms with Crippen molar-refractivity contribution in [2.75, 3.05) is 39.6 Å². The molecular weight excluding hydrogens is 646 g/mol. The summed E-state index contributed by atoms with van der Waals surface area (Å²) in [5, 5.41) is 0. The van der Waals surface area contributed by atoms with Gasteiger partial charge in [-0.3, -0.25) is 0 Å². The van der Waals surface area contributed by atoms with Gasteiger partial charge in [-0.15, -0.1) is 0 Å². The first-order valence-corrected chi connectivity index (χ1v) is 16.8. The molecule has 4 aromatic rings. The van der Waals surface area contributed by atoms with Crippen LogP contribution < -0.4 is 18.9 Å². The van der Waals surface area contributed by atoms with E-state index in [0.717, 1.165) is 35.1 Å². The predicted molar refractivity (Wildman–Crippen MR) is 180 cm³/mol. The van der Waals surface area contributed by atoms with Gasteiger partial charge in [0.2, 0.25) is 0 Å². The zero-order chi connectivity index (χ0) is 35.0. The summed E-state index contributed by atoms with van der Waals surface area (Å²) in [6.45, 7) is 9.37. The number of carbonyl (C=O) groups excluding carboxylic acids is 2. The van der Waals surface area contributed by atoms with Crippen molar-refractivity contribution in [2.45, 2.75) is 39.5 Å². The minimum atomic E-state index is -0.826. The van der Waals surface area contributed by atoms with Crippen molar-refractivity contribution >= 4 is 11.9 Å². The summed E-state index contributed by atoms with van der Waals surface area (Å²) < 4.78 is 63.3. The number of hydrogen-bond donors (Lipinski definition) is 0. The van der Waals surface area contributed by atoms with Crippen LogP contribution in [-0.2, 0) is 9.47 Å². The highest BCUT2D eigenvalue weighted by molar-refractivity contribution is 5.93. The van der Waals surface area contributed by atoms with Gasteiger partial charge >= 0.3 is 11.9 Å². The maximum atomic E-state index is 15.0. The third kappa shape index (κ3) is 6.45. The zero-order valence-electron chi connectivity index (χ0n) is 28.2. The van der Waals surface area contributed by atoms with E-state index in [1.807, 2.05) is 19.1 Å². The molecule has 3 aliphatic rings. The Balaban J connectivity index is 0.987. The molecule has 2 fully saturated rings. The summed E-state index contributed by atoms with van der Waals surface area (Å²) in [5.74, 6) is -2.06. The highest BCUT2D eigenvalue weighted by atomic mass is 19.1. The number of esters is 2. The molecule has 50 heavy (non-hydrogen) atoms. The fourth-order valence-corrected chi connectivity index (χ4v) is 6.44. The molecule has 8 nitrogen and oxygen atoms in total. The summed E-state index contributed by atoms with van der Waals surface area (Å²) in [4.78, 5) is 25.9. The lowest BCUT2D eigenvalue weighted by molar-refractivity contribution is -0.133. The van der Waals surface area contributed by atoms with E-state index in [1.165, 1.54) is 24.3 Å². The van der Waals surface area contributed by atoms with E-state index < -0.39 is 23.6 Å². The molecule has 0 atom stereocenters. The third-order valence-corrected chi connectivity index (χ3v) is 10.2. The molecule has 0 bridgehead atoms. The summed E-state index contributed by atoms with van der Waals surface area (Å²) in [6, 6.07) is 18.7. The number of halogens is 2. The largest absolute Gasteiger partial charge is 0.493 e. The number of carbonyl (C=O) groups is 2. The van der Waals surface area contributed by atoms with Gasteiger partial charge in [-0.1, -0.05) is 32.9 Å². The topological polar surface area (TPSA) is 89.5 Å². The second kappa shape index (κ2) is 13.5. The lowest BCUT2D eigenvalue weighted by Gasteiger charge is -2.40. The van der Waals surface area contributed by atoms with Gasteiger partial charge < -0.3 is 28.4 Å². The summed E-state index contributed by atoms with van der Waals surface area (Å²) in [5.41, 5.74) is 3.12. The molecule has 0 spiro atoms. The SMILES string of the molecule is CCC1(COc2ccc(C(=O)Oc3ccc4c(c3)C(C)c3cc(OC(=O)c5ccc(OCC6(CC)COC6)cc5F)ccc3-4)c(F)c2)COC1. The molecule has 0 aromatic heterocycles. The highest BCUT2D eigenvalue weighted by Crippen LogP contribution is 2.47. The molecule has 0 N–H and O–H groups in total. The quantitative estimate of drug-likeness (QED) is 0.109. The third-order valence-electron chi connectivity index (χ3n) is 10.2. The molecule has 260 valence electrons. The fourth-order valence-electron chi connectivity index (χ4n) is 6.44. The molecule has 2 aliphatic heterocycles. The van der Waals surface area contributed by atoms with E-state index in [9.17, 15) is 18.4 Å². The van der Waals surface area contributed by atoms with Gasteiger partial charge in [0.25, 0.3) is 0 Å². The van der Waals surface area contributed by atoms with E-state index >= 15 is 0 Å². The fraction of sp³-hybridized carbons (Fsp3) is 0.350. The van der Waals surface area contributed by atoms with E-state index in [1.54, 1.807) is 36.4 Å². The van der Waals surface area contributed by atoms with Gasteiger partial charge in [0, 0.05) is 18.1 Å². The molecule has 0 radical (unpaired) electrons. The standard InChI is InChI=1S/C40H38F2O8/c1-4-39(18-45-19-39)22-47-25-6-12-31(35(41)16-25)37(43)49-27-8-10-29-30-11-9-28(15-34(30)24(3)33(29)14-27)50-38(44)32-13-7-26(17-36(32)42)48-23-40(5-2)20-46-21-40/h6-17,24H,4-5,18-23H2,1-3H3. The van der Waals surface area contributed by atoms with E-state index in [4.69, 9.17) is 28.4 Å². The average molecular weight is 685 g/mol. The van der Waals surface area contributed by atoms with E-state index in [-0.39, 0.29) is 39.4 Å². The maximum Gasteiger partial charge on any atom is 0.346 e. The number of fused-ring (bicyclic) bond motifs is 3.